The monoisotopic (exact) mass is 503 g/mol. The van der Waals surface area contributed by atoms with Gasteiger partial charge in [0.25, 0.3) is 0 Å². The summed E-state index contributed by atoms with van der Waals surface area (Å²) in [5.41, 5.74) is 4.09. The Balaban J connectivity index is 1.82. The molecule has 0 fully saturated rings. The number of aryl methyl sites for hydroxylation is 1. The van der Waals surface area contributed by atoms with E-state index in [0.717, 1.165) is 26.0 Å². The minimum atomic E-state index is -0.293. The molecule has 29 heavy (non-hydrogen) atoms. The fraction of sp³-hybridized carbons (Fsp3) is 0.182. The molecule has 0 N–H and O–H groups in total. The zero-order valence-corrected chi connectivity index (χ0v) is 18.4. The number of ether oxygens (including phenoxy) is 2. The number of hydrogen-bond acceptors (Lipinski definition) is 4. The average molecular weight is 503 g/mol. The molecule has 0 aliphatic rings. The van der Waals surface area contributed by atoms with Crippen molar-refractivity contribution in [1.82, 2.24) is 14.8 Å². The molecule has 2 aromatic heterocycles. The largest absolute Gasteiger partial charge is 0.497 e. The first-order chi connectivity index (χ1) is 14.0. The molecule has 5 nitrogen and oxygen atoms in total. The zero-order valence-electron chi connectivity index (χ0n) is 16.2. The van der Waals surface area contributed by atoms with Crippen LogP contribution in [0.3, 0.4) is 0 Å². The summed E-state index contributed by atoms with van der Waals surface area (Å²) in [6.07, 6.45) is 0. The van der Waals surface area contributed by atoms with Crippen LogP contribution in [0.25, 0.3) is 22.3 Å². The van der Waals surface area contributed by atoms with Gasteiger partial charge in [0.1, 0.15) is 32.2 Å². The predicted molar refractivity (Wildman–Crippen MR) is 119 cm³/mol. The Hall–Kier alpha value is -2.68. The van der Waals surface area contributed by atoms with E-state index in [2.05, 4.69) is 27.7 Å². The molecule has 0 aliphatic heterocycles. The summed E-state index contributed by atoms with van der Waals surface area (Å²) in [5.74, 6) is 1.02. The lowest BCUT2D eigenvalue weighted by Gasteiger charge is -2.11. The van der Waals surface area contributed by atoms with Gasteiger partial charge in [-0.25, -0.2) is 9.37 Å². The number of hydrogen-bond donors (Lipinski definition) is 0. The van der Waals surface area contributed by atoms with Crippen LogP contribution in [0, 0.1) is 16.4 Å². The topological polar surface area (TPSA) is 49.2 Å². The highest BCUT2D eigenvalue weighted by molar-refractivity contribution is 14.1. The molecular formula is C22H19FIN3O2. The SMILES string of the molecule is COc1ccc(Cn2nc(I)c3nc(-c4cccc(C)c4F)c(OC)cc32)cc1. The third-order valence-electron chi connectivity index (χ3n) is 4.81. The van der Waals surface area contributed by atoms with Crippen LogP contribution in [-0.2, 0) is 6.54 Å². The molecule has 2 aromatic carbocycles. The van der Waals surface area contributed by atoms with Gasteiger partial charge < -0.3 is 9.47 Å². The highest BCUT2D eigenvalue weighted by Gasteiger charge is 2.19. The van der Waals surface area contributed by atoms with Crippen molar-refractivity contribution in [3.63, 3.8) is 0 Å². The van der Waals surface area contributed by atoms with Crippen molar-refractivity contribution in [1.29, 1.82) is 0 Å². The van der Waals surface area contributed by atoms with Gasteiger partial charge in [0, 0.05) is 11.6 Å². The number of fused-ring (bicyclic) bond motifs is 1. The quantitative estimate of drug-likeness (QED) is 0.351. The third-order valence-corrected chi connectivity index (χ3v) is 5.53. The lowest BCUT2D eigenvalue weighted by molar-refractivity contribution is 0.414. The van der Waals surface area contributed by atoms with E-state index in [1.54, 1.807) is 33.3 Å². The number of nitrogens with zero attached hydrogens (tertiary/aromatic N) is 3. The van der Waals surface area contributed by atoms with Crippen LogP contribution < -0.4 is 9.47 Å². The van der Waals surface area contributed by atoms with Crippen molar-refractivity contribution in [2.75, 3.05) is 14.2 Å². The molecule has 148 valence electrons. The van der Waals surface area contributed by atoms with Crippen LogP contribution in [-0.4, -0.2) is 29.0 Å². The molecular weight excluding hydrogens is 484 g/mol. The Kier molecular flexibility index (Phi) is 5.40. The molecule has 0 aliphatic carbocycles. The van der Waals surface area contributed by atoms with Gasteiger partial charge in [0.2, 0.25) is 0 Å². The van der Waals surface area contributed by atoms with Crippen LogP contribution in [0.2, 0.25) is 0 Å². The number of aromatic nitrogens is 3. The van der Waals surface area contributed by atoms with Gasteiger partial charge in [-0.1, -0.05) is 24.3 Å². The van der Waals surface area contributed by atoms with Gasteiger partial charge in [-0.15, -0.1) is 0 Å². The summed E-state index contributed by atoms with van der Waals surface area (Å²) < 4.78 is 28.1. The number of benzene rings is 2. The van der Waals surface area contributed by atoms with E-state index < -0.39 is 0 Å². The maximum absolute atomic E-state index is 14.7. The third kappa shape index (κ3) is 3.66. The maximum atomic E-state index is 14.7. The summed E-state index contributed by atoms with van der Waals surface area (Å²) in [4.78, 5) is 4.73. The molecule has 0 saturated carbocycles. The minimum absolute atomic E-state index is 0.293. The molecule has 0 amide bonds. The van der Waals surface area contributed by atoms with E-state index in [9.17, 15) is 4.39 Å². The predicted octanol–water partition coefficient (Wildman–Crippen LogP) is 5.22. The summed E-state index contributed by atoms with van der Waals surface area (Å²) in [7, 11) is 3.21. The second kappa shape index (κ2) is 7.98. The van der Waals surface area contributed by atoms with Crippen LogP contribution in [0.4, 0.5) is 4.39 Å². The van der Waals surface area contributed by atoms with Gasteiger partial charge in [-0.05, 0) is 58.8 Å². The summed E-state index contributed by atoms with van der Waals surface area (Å²) in [6, 6.07) is 15.0. The first-order valence-electron chi connectivity index (χ1n) is 9.01. The average Bonchev–Trinajstić information content (AvgIpc) is 3.04. The molecule has 0 spiro atoms. The zero-order chi connectivity index (χ0) is 20.5. The standard InChI is InChI=1S/C22H19FIN3O2/c1-13-5-4-6-16(19(13)23)20-18(29-3)11-17-21(25-20)22(24)26-27(17)12-14-7-9-15(28-2)10-8-14/h4-11H,12H2,1-3H3. The van der Waals surface area contributed by atoms with E-state index in [1.165, 1.54) is 0 Å². The molecule has 0 saturated heterocycles. The van der Waals surface area contributed by atoms with Gasteiger partial charge in [0.15, 0.2) is 0 Å². The van der Waals surface area contributed by atoms with Crippen molar-refractivity contribution < 1.29 is 13.9 Å². The van der Waals surface area contributed by atoms with Gasteiger partial charge in [-0.3, -0.25) is 4.68 Å². The lowest BCUT2D eigenvalue weighted by Crippen LogP contribution is -2.02. The molecule has 7 heteroatoms. The van der Waals surface area contributed by atoms with E-state index in [0.29, 0.717) is 29.1 Å². The Labute approximate surface area is 181 Å². The minimum Gasteiger partial charge on any atom is -0.497 e. The van der Waals surface area contributed by atoms with Crippen LogP contribution in [0.15, 0.2) is 48.5 Å². The van der Waals surface area contributed by atoms with E-state index in [1.807, 2.05) is 41.1 Å². The first kappa shape index (κ1) is 19.6. The molecule has 0 radical (unpaired) electrons. The molecule has 2 heterocycles. The Morgan fingerprint density at radius 1 is 1.07 bits per heavy atom. The first-order valence-corrected chi connectivity index (χ1v) is 10.1. The highest BCUT2D eigenvalue weighted by Crippen LogP contribution is 2.35. The Bertz CT molecular complexity index is 1190. The van der Waals surface area contributed by atoms with E-state index >= 15 is 0 Å². The molecule has 0 bridgehead atoms. The smallest absolute Gasteiger partial charge is 0.149 e. The molecule has 0 unspecified atom stereocenters. The van der Waals surface area contributed by atoms with Gasteiger partial charge >= 0.3 is 0 Å². The van der Waals surface area contributed by atoms with Crippen molar-refractivity contribution in [2.24, 2.45) is 0 Å². The normalized spacial score (nSPS) is 11.1. The summed E-state index contributed by atoms with van der Waals surface area (Å²) in [6.45, 7) is 2.31. The second-order valence-electron chi connectivity index (χ2n) is 6.64. The van der Waals surface area contributed by atoms with Crippen LogP contribution in [0.5, 0.6) is 11.5 Å². The van der Waals surface area contributed by atoms with Crippen molar-refractivity contribution in [2.45, 2.75) is 13.5 Å². The number of halogens is 2. The molecule has 0 atom stereocenters. The van der Waals surface area contributed by atoms with Gasteiger partial charge in [-0.2, -0.15) is 5.10 Å². The molecule has 4 aromatic rings. The summed E-state index contributed by atoms with van der Waals surface area (Å²) in [5, 5.41) is 4.64. The number of rotatable bonds is 5. The summed E-state index contributed by atoms with van der Waals surface area (Å²) >= 11 is 2.16. The van der Waals surface area contributed by atoms with E-state index in [4.69, 9.17) is 14.5 Å². The highest BCUT2D eigenvalue weighted by atomic mass is 127. The van der Waals surface area contributed by atoms with Crippen LogP contribution >= 0.6 is 22.6 Å². The van der Waals surface area contributed by atoms with Gasteiger partial charge in [0.05, 0.1) is 26.3 Å². The van der Waals surface area contributed by atoms with Crippen LogP contribution in [0.1, 0.15) is 11.1 Å². The second-order valence-corrected chi connectivity index (χ2v) is 7.66. The van der Waals surface area contributed by atoms with Crippen molar-refractivity contribution in [3.8, 4) is 22.8 Å². The van der Waals surface area contributed by atoms with Crippen molar-refractivity contribution in [3.05, 3.63) is 69.2 Å². The fourth-order valence-electron chi connectivity index (χ4n) is 3.24. The Morgan fingerprint density at radius 2 is 1.83 bits per heavy atom. The Morgan fingerprint density at radius 3 is 2.52 bits per heavy atom. The fourth-order valence-corrected chi connectivity index (χ4v) is 3.90. The maximum Gasteiger partial charge on any atom is 0.149 e. The number of methoxy groups -OCH3 is 2. The molecule has 4 rings (SSSR count). The number of pyridine rings is 1. The van der Waals surface area contributed by atoms with E-state index in [-0.39, 0.29) is 5.82 Å². The lowest BCUT2D eigenvalue weighted by atomic mass is 10.1. The van der Waals surface area contributed by atoms with Crippen molar-refractivity contribution >= 4 is 33.6 Å².